The van der Waals surface area contributed by atoms with Gasteiger partial charge in [0.2, 0.25) is 0 Å². The summed E-state index contributed by atoms with van der Waals surface area (Å²) in [6, 6.07) is 7.34. The van der Waals surface area contributed by atoms with Crippen LogP contribution in [0.5, 0.6) is 0 Å². The summed E-state index contributed by atoms with van der Waals surface area (Å²) in [5.74, 6) is 0.506. The number of pyridine rings is 2. The van der Waals surface area contributed by atoms with Gasteiger partial charge in [-0.2, -0.15) is 13.2 Å². The van der Waals surface area contributed by atoms with Crippen LogP contribution in [0.2, 0.25) is 0 Å². The molecule has 1 saturated heterocycles. The summed E-state index contributed by atoms with van der Waals surface area (Å²) < 4.78 is 42.4. The lowest BCUT2D eigenvalue weighted by Crippen LogP contribution is -2.38. The van der Waals surface area contributed by atoms with Crippen LogP contribution >= 0.6 is 0 Å². The van der Waals surface area contributed by atoms with E-state index in [-0.39, 0.29) is 24.7 Å². The second-order valence-corrected chi connectivity index (χ2v) is 8.02. The molecule has 9 heteroatoms. The number of Topliss-reactive ketones (excluding diaryl/α,β-unsaturated/α-hetero) is 1. The number of piperidine rings is 1. The molecule has 0 unspecified atom stereocenters. The van der Waals surface area contributed by atoms with E-state index in [4.69, 9.17) is 4.52 Å². The average molecular weight is 432 g/mol. The van der Waals surface area contributed by atoms with Crippen LogP contribution in [0.3, 0.4) is 0 Å². The van der Waals surface area contributed by atoms with E-state index in [1.54, 1.807) is 23.2 Å². The summed E-state index contributed by atoms with van der Waals surface area (Å²) in [6.45, 7) is 2.86. The lowest BCUT2D eigenvalue weighted by Gasteiger charge is -2.31. The minimum atomic E-state index is -4.14. The zero-order valence-corrected chi connectivity index (χ0v) is 17.2. The van der Waals surface area contributed by atoms with Crippen molar-refractivity contribution in [1.82, 2.24) is 20.0 Å². The molecule has 4 heterocycles. The van der Waals surface area contributed by atoms with E-state index >= 15 is 0 Å². The van der Waals surface area contributed by atoms with E-state index in [1.165, 1.54) is 0 Å². The SMILES string of the molecule is Cc1cc(-c2ccc3cnc(CC(=O)C4CCN(CCC(F)(F)F)CC4)cc3n2)on1. The predicted octanol–water partition coefficient (Wildman–Crippen LogP) is 4.37. The highest BCUT2D eigenvalue weighted by Gasteiger charge is 2.30. The van der Waals surface area contributed by atoms with E-state index in [1.807, 2.05) is 19.1 Å². The van der Waals surface area contributed by atoms with Gasteiger partial charge in [0.05, 0.1) is 17.6 Å². The number of likely N-dealkylation sites (tertiary alicyclic amines) is 1. The van der Waals surface area contributed by atoms with Gasteiger partial charge in [-0.3, -0.25) is 9.78 Å². The van der Waals surface area contributed by atoms with Crippen LogP contribution in [-0.4, -0.2) is 51.6 Å². The summed E-state index contributed by atoms with van der Waals surface area (Å²) in [5, 5.41) is 4.74. The molecule has 0 amide bonds. The molecule has 164 valence electrons. The Hall–Kier alpha value is -2.81. The molecule has 0 aromatic carbocycles. The molecular formula is C22H23F3N4O2. The Balaban J connectivity index is 1.38. The zero-order chi connectivity index (χ0) is 22.0. The Kier molecular flexibility index (Phi) is 6.04. The maximum Gasteiger partial charge on any atom is 0.390 e. The highest BCUT2D eigenvalue weighted by atomic mass is 19.4. The number of alkyl halides is 3. The second kappa shape index (κ2) is 8.74. The van der Waals surface area contributed by atoms with Gasteiger partial charge in [-0.25, -0.2) is 4.98 Å². The molecule has 31 heavy (non-hydrogen) atoms. The standard InChI is InChI=1S/C22H23F3N4O2/c1-14-10-21(31-28-14)18-3-2-16-13-26-17(11-19(16)27-18)12-20(30)15-4-7-29(8-5-15)9-6-22(23,24)25/h2-3,10-11,13,15H,4-9,12H2,1H3. The van der Waals surface area contributed by atoms with Crippen LogP contribution in [-0.2, 0) is 11.2 Å². The lowest BCUT2D eigenvalue weighted by molar-refractivity contribution is -0.139. The first-order valence-electron chi connectivity index (χ1n) is 10.3. The zero-order valence-electron chi connectivity index (χ0n) is 17.2. The quantitative estimate of drug-likeness (QED) is 0.576. The van der Waals surface area contributed by atoms with Crippen LogP contribution < -0.4 is 0 Å². The first-order chi connectivity index (χ1) is 14.8. The maximum absolute atomic E-state index is 12.7. The third kappa shape index (κ3) is 5.46. The number of fused-ring (bicyclic) bond motifs is 1. The number of hydrogen-bond donors (Lipinski definition) is 0. The number of aromatic nitrogens is 3. The number of rotatable bonds is 6. The van der Waals surface area contributed by atoms with Crippen molar-refractivity contribution in [3.63, 3.8) is 0 Å². The molecule has 3 aromatic rings. The van der Waals surface area contributed by atoms with Gasteiger partial charge in [0.1, 0.15) is 11.5 Å². The van der Waals surface area contributed by atoms with Crippen molar-refractivity contribution in [1.29, 1.82) is 0 Å². The van der Waals surface area contributed by atoms with Crippen molar-refractivity contribution in [2.45, 2.75) is 38.8 Å². The Labute approximate surface area is 177 Å². The minimum Gasteiger partial charge on any atom is -0.354 e. The van der Waals surface area contributed by atoms with Crippen molar-refractivity contribution in [2.24, 2.45) is 5.92 Å². The van der Waals surface area contributed by atoms with E-state index in [0.717, 1.165) is 11.1 Å². The van der Waals surface area contributed by atoms with E-state index < -0.39 is 12.6 Å². The molecule has 0 atom stereocenters. The average Bonchev–Trinajstić information content (AvgIpc) is 3.18. The van der Waals surface area contributed by atoms with Crippen LogP contribution in [0.4, 0.5) is 13.2 Å². The summed E-state index contributed by atoms with van der Waals surface area (Å²) in [5.41, 5.74) is 2.77. The number of carbonyl (C=O) groups is 1. The van der Waals surface area contributed by atoms with E-state index in [9.17, 15) is 18.0 Å². The predicted molar refractivity (Wildman–Crippen MR) is 108 cm³/mol. The Morgan fingerprint density at radius 2 is 2.00 bits per heavy atom. The Morgan fingerprint density at radius 3 is 2.68 bits per heavy atom. The number of nitrogens with zero attached hydrogens (tertiary/aromatic N) is 4. The monoisotopic (exact) mass is 432 g/mol. The van der Waals surface area contributed by atoms with Gasteiger partial charge < -0.3 is 9.42 Å². The highest BCUT2D eigenvalue weighted by molar-refractivity contribution is 5.85. The first kappa shape index (κ1) is 21.4. The lowest BCUT2D eigenvalue weighted by atomic mass is 9.90. The molecule has 3 aromatic heterocycles. The number of aryl methyl sites for hydroxylation is 1. The number of hydrogen-bond acceptors (Lipinski definition) is 6. The fourth-order valence-electron chi connectivity index (χ4n) is 3.86. The van der Waals surface area contributed by atoms with Crippen molar-refractivity contribution in [3.8, 4) is 11.5 Å². The molecule has 0 spiro atoms. The third-order valence-electron chi connectivity index (χ3n) is 5.62. The normalized spacial score (nSPS) is 16.1. The summed E-state index contributed by atoms with van der Waals surface area (Å²) >= 11 is 0. The van der Waals surface area contributed by atoms with Crippen LogP contribution in [0, 0.1) is 12.8 Å². The van der Waals surface area contributed by atoms with Gasteiger partial charge in [-0.1, -0.05) is 5.16 Å². The number of ketones is 1. The van der Waals surface area contributed by atoms with Gasteiger partial charge in [0.15, 0.2) is 5.76 Å². The molecule has 1 aliphatic rings. The molecule has 1 fully saturated rings. The summed E-state index contributed by atoms with van der Waals surface area (Å²) in [7, 11) is 0. The second-order valence-electron chi connectivity index (χ2n) is 8.02. The maximum atomic E-state index is 12.7. The van der Waals surface area contributed by atoms with Gasteiger partial charge in [0, 0.05) is 42.2 Å². The van der Waals surface area contributed by atoms with E-state index in [0.29, 0.717) is 48.6 Å². The molecule has 0 bridgehead atoms. The van der Waals surface area contributed by atoms with Gasteiger partial charge in [-0.05, 0) is 51.1 Å². The number of halogens is 3. The number of carbonyl (C=O) groups excluding carboxylic acids is 1. The molecule has 0 aliphatic carbocycles. The van der Waals surface area contributed by atoms with Gasteiger partial charge in [-0.15, -0.1) is 0 Å². The Morgan fingerprint density at radius 1 is 1.23 bits per heavy atom. The topological polar surface area (TPSA) is 72.1 Å². The molecular weight excluding hydrogens is 409 g/mol. The summed E-state index contributed by atoms with van der Waals surface area (Å²) in [4.78, 5) is 23.5. The van der Waals surface area contributed by atoms with Crippen molar-refractivity contribution >= 4 is 16.7 Å². The third-order valence-corrected chi connectivity index (χ3v) is 5.62. The fraction of sp³-hybridized carbons (Fsp3) is 0.455. The summed E-state index contributed by atoms with van der Waals surface area (Å²) in [6.07, 6.45) is -1.91. The largest absolute Gasteiger partial charge is 0.390 e. The molecule has 4 rings (SSSR count). The highest BCUT2D eigenvalue weighted by Crippen LogP contribution is 2.25. The van der Waals surface area contributed by atoms with Gasteiger partial charge >= 0.3 is 6.18 Å². The smallest absolute Gasteiger partial charge is 0.354 e. The van der Waals surface area contributed by atoms with E-state index in [2.05, 4.69) is 15.1 Å². The Bertz CT molecular complexity index is 1070. The molecule has 6 nitrogen and oxygen atoms in total. The molecule has 0 radical (unpaired) electrons. The fourth-order valence-corrected chi connectivity index (χ4v) is 3.86. The van der Waals surface area contributed by atoms with Crippen molar-refractivity contribution < 1.29 is 22.5 Å². The van der Waals surface area contributed by atoms with Crippen LogP contribution in [0.15, 0.2) is 35.0 Å². The van der Waals surface area contributed by atoms with Crippen molar-refractivity contribution in [2.75, 3.05) is 19.6 Å². The molecule has 1 aliphatic heterocycles. The van der Waals surface area contributed by atoms with Crippen LogP contribution in [0.25, 0.3) is 22.4 Å². The molecule has 0 saturated carbocycles. The van der Waals surface area contributed by atoms with Crippen molar-refractivity contribution in [3.05, 3.63) is 41.9 Å². The first-order valence-corrected chi connectivity index (χ1v) is 10.3. The minimum absolute atomic E-state index is 0.00461. The van der Waals surface area contributed by atoms with Crippen LogP contribution in [0.1, 0.15) is 30.7 Å². The molecule has 0 N–H and O–H groups in total. The van der Waals surface area contributed by atoms with Gasteiger partial charge in [0.25, 0.3) is 0 Å².